The Morgan fingerprint density at radius 2 is 1.90 bits per heavy atom. The summed E-state index contributed by atoms with van der Waals surface area (Å²) in [5.74, 6) is -1.50. The Balaban J connectivity index is 1.97. The van der Waals surface area contributed by atoms with Gasteiger partial charge in [-0.05, 0) is 26.0 Å². The van der Waals surface area contributed by atoms with Crippen LogP contribution in [0.2, 0.25) is 0 Å². The van der Waals surface area contributed by atoms with E-state index in [0.29, 0.717) is 5.75 Å². The minimum absolute atomic E-state index is 0.129. The number of hydrogen-bond donors (Lipinski definition) is 3. The summed E-state index contributed by atoms with van der Waals surface area (Å²) in [6, 6.07) is 5.43. The van der Waals surface area contributed by atoms with Gasteiger partial charge in [0.05, 0.1) is 36.6 Å². The highest BCUT2D eigenvalue weighted by Gasteiger charge is 2.30. The van der Waals surface area contributed by atoms with E-state index in [2.05, 4.69) is 16.0 Å². The van der Waals surface area contributed by atoms with E-state index in [0.717, 1.165) is 0 Å². The van der Waals surface area contributed by atoms with Gasteiger partial charge in [0.15, 0.2) is 0 Å². The van der Waals surface area contributed by atoms with Gasteiger partial charge < -0.3 is 30.2 Å². The molecule has 0 unspecified atom stereocenters. The van der Waals surface area contributed by atoms with E-state index in [-0.39, 0.29) is 30.0 Å². The van der Waals surface area contributed by atoms with Crippen LogP contribution in [-0.4, -0.2) is 56.8 Å². The first kappa shape index (κ1) is 21.7. The molecule has 0 bridgehead atoms. The zero-order valence-electron chi connectivity index (χ0n) is 16.4. The lowest BCUT2D eigenvalue weighted by atomic mass is 10.0. The van der Waals surface area contributed by atoms with Crippen LogP contribution >= 0.6 is 0 Å². The van der Waals surface area contributed by atoms with Crippen LogP contribution in [-0.2, 0) is 19.1 Å². The number of urea groups is 1. The largest absolute Gasteiger partial charge is 0.496 e. The molecule has 10 nitrogen and oxygen atoms in total. The molecule has 10 heteroatoms. The monoisotopic (exact) mass is 405 g/mol. The van der Waals surface area contributed by atoms with Crippen molar-refractivity contribution in [3.05, 3.63) is 41.1 Å². The number of hydrogen-bond acceptors (Lipinski definition) is 7. The molecule has 1 aliphatic rings. The van der Waals surface area contributed by atoms with Crippen LogP contribution in [0.3, 0.4) is 0 Å². The number of para-hydroxylation sites is 1. The van der Waals surface area contributed by atoms with Gasteiger partial charge in [0.1, 0.15) is 18.9 Å². The number of esters is 2. The molecule has 156 valence electrons. The normalized spacial score (nSPS) is 15.7. The average Bonchev–Trinajstić information content (AvgIpc) is 2.70. The summed E-state index contributed by atoms with van der Waals surface area (Å²) in [5, 5.41) is 7.41. The summed E-state index contributed by atoms with van der Waals surface area (Å²) in [5.41, 5.74) is 0.566. The van der Waals surface area contributed by atoms with Gasteiger partial charge in [0.25, 0.3) is 5.91 Å². The Hall–Kier alpha value is -3.56. The molecule has 1 aromatic rings. The molecular weight excluding hydrogens is 382 g/mol. The Bertz CT molecular complexity index is 835. The Labute approximate surface area is 167 Å². The standard InChI is InChI=1S/C19H23N3O7/c1-4-28-18(25)16-11(2)21-19(26)22-13(16)10-29-15(23)9-20-17(24)12-7-5-6-8-14(12)27-3/h5-8,11H,4,9-10H2,1-3H3,(H,20,24)(H2,21,22,26)/t11-/m0/s1. The van der Waals surface area contributed by atoms with E-state index in [4.69, 9.17) is 14.2 Å². The summed E-state index contributed by atoms with van der Waals surface area (Å²) < 4.78 is 15.2. The first-order valence-electron chi connectivity index (χ1n) is 8.91. The molecule has 0 radical (unpaired) electrons. The van der Waals surface area contributed by atoms with Crippen LogP contribution in [0, 0.1) is 0 Å². The molecule has 0 aromatic heterocycles. The highest BCUT2D eigenvalue weighted by atomic mass is 16.5. The topological polar surface area (TPSA) is 132 Å². The fraction of sp³-hybridized carbons (Fsp3) is 0.368. The second-order valence-electron chi connectivity index (χ2n) is 5.98. The molecule has 2 rings (SSSR count). The maximum absolute atomic E-state index is 12.2. The van der Waals surface area contributed by atoms with Crippen molar-refractivity contribution in [1.82, 2.24) is 16.0 Å². The van der Waals surface area contributed by atoms with E-state index in [1.807, 2.05) is 0 Å². The van der Waals surface area contributed by atoms with Crippen molar-refractivity contribution in [2.75, 3.05) is 26.9 Å². The van der Waals surface area contributed by atoms with Crippen LogP contribution in [0.5, 0.6) is 5.75 Å². The third kappa shape index (κ3) is 5.71. The molecule has 3 N–H and O–H groups in total. The number of carbonyl (C=O) groups excluding carboxylic acids is 4. The van der Waals surface area contributed by atoms with Gasteiger partial charge in [-0.3, -0.25) is 9.59 Å². The average molecular weight is 405 g/mol. The van der Waals surface area contributed by atoms with E-state index in [9.17, 15) is 19.2 Å². The third-order valence-corrected chi connectivity index (χ3v) is 3.99. The van der Waals surface area contributed by atoms with Crippen LogP contribution in [0.15, 0.2) is 35.5 Å². The first-order chi connectivity index (χ1) is 13.9. The number of methoxy groups -OCH3 is 1. The number of amides is 3. The molecule has 1 aromatic carbocycles. The Morgan fingerprint density at radius 1 is 1.17 bits per heavy atom. The van der Waals surface area contributed by atoms with Crippen molar-refractivity contribution in [3.8, 4) is 5.75 Å². The lowest BCUT2D eigenvalue weighted by Gasteiger charge is -2.26. The molecule has 0 saturated heterocycles. The summed E-state index contributed by atoms with van der Waals surface area (Å²) in [6.45, 7) is 2.67. The van der Waals surface area contributed by atoms with E-state index in [1.165, 1.54) is 7.11 Å². The van der Waals surface area contributed by atoms with Crippen LogP contribution < -0.4 is 20.7 Å². The number of benzene rings is 1. The molecular formula is C19H23N3O7. The van der Waals surface area contributed by atoms with Crippen molar-refractivity contribution >= 4 is 23.9 Å². The Kier molecular flexibility index (Phi) is 7.58. The summed E-state index contributed by atoms with van der Waals surface area (Å²) in [7, 11) is 1.43. The SMILES string of the molecule is CCOC(=O)C1=C(COC(=O)CNC(=O)c2ccccc2OC)NC(=O)N[C@H]1C. The molecule has 29 heavy (non-hydrogen) atoms. The van der Waals surface area contributed by atoms with Crippen molar-refractivity contribution < 1.29 is 33.4 Å². The molecule has 1 heterocycles. The molecule has 3 amide bonds. The first-order valence-corrected chi connectivity index (χ1v) is 8.91. The summed E-state index contributed by atoms with van der Waals surface area (Å²) >= 11 is 0. The van der Waals surface area contributed by atoms with E-state index < -0.39 is 36.5 Å². The van der Waals surface area contributed by atoms with Crippen molar-refractivity contribution in [1.29, 1.82) is 0 Å². The van der Waals surface area contributed by atoms with E-state index in [1.54, 1.807) is 38.1 Å². The van der Waals surface area contributed by atoms with Gasteiger partial charge in [0, 0.05) is 0 Å². The van der Waals surface area contributed by atoms with Crippen LogP contribution in [0.1, 0.15) is 24.2 Å². The molecule has 0 spiro atoms. The second kappa shape index (κ2) is 10.1. The fourth-order valence-electron chi connectivity index (χ4n) is 2.68. The predicted molar refractivity (Wildman–Crippen MR) is 101 cm³/mol. The minimum Gasteiger partial charge on any atom is -0.496 e. The van der Waals surface area contributed by atoms with Crippen molar-refractivity contribution in [3.63, 3.8) is 0 Å². The van der Waals surface area contributed by atoms with Crippen molar-refractivity contribution in [2.45, 2.75) is 19.9 Å². The van der Waals surface area contributed by atoms with Gasteiger partial charge in [-0.1, -0.05) is 12.1 Å². The summed E-state index contributed by atoms with van der Waals surface area (Å²) in [6.07, 6.45) is 0. The van der Waals surface area contributed by atoms with Gasteiger partial charge >= 0.3 is 18.0 Å². The molecule has 1 aliphatic heterocycles. The maximum Gasteiger partial charge on any atom is 0.338 e. The molecule has 1 atom stereocenters. The second-order valence-corrected chi connectivity index (χ2v) is 5.98. The molecule has 0 saturated carbocycles. The maximum atomic E-state index is 12.2. The van der Waals surface area contributed by atoms with Gasteiger partial charge in [0.2, 0.25) is 0 Å². The lowest BCUT2D eigenvalue weighted by molar-refractivity contribution is -0.142. The number of rotatable bonds is 8. The van der Waals surface area contributed by atoms with Crippen LogP contribution in [0.25, 0.3) is 0 Å². The fourth-order valence-corrected chi connectivity index (χ4v) is 2.68. The molecule has 0 aliphatic carbocycles. The highest BCUT2D eigenvalue weighted by molar-refractivity contribution is 5.98. The Morgan fingerprint density at radius 3 is 2.59 bits per heavy atom. The van der Waals surface area contributed by atoms with Crippen LogP contribution in [0.4, 0.5) is 4.79 Å². The predicted octanol–water partition coefficient (Wildman–Crippen LogP) is 0.487. The van der Waals surface area contributed by atoms with E-state index >= 15 is 0 Å². The molecule has 0 fully saturated rings. The number of nitrogens with one attached hydrogen (secondary N) is 3. The van der Waals surface area contributed by atoms with Crippen molar-refractivity contribution in [2.24, 2.45) is 0 Å². The zero-order valence-corrected chi connectivity index (χ0v) is 16.4. The zero-order chi connectivity index (χ0) is 21.4. The third-order valence-electron chi connectivity index (χ3n) is 3.99. The highest BCUT2D eigenvalue weighted by Crippen LogP contribution is 2.17. The quantitative estimate of drug-likeness (QED) is 0.536. The smallest absolute Gasteiger partial charge is 0.338 e. The minimum atomic E-state index is -0.746. The lowest BCUT2D eigenvalue weighted by Crippen LogP contribution is -2.50. The number of carbonyl (C=O) groups is 4. The summed E-state index contributed by atoms with van der Waals surface area (Å²) in [4.78, 5) is 48.0. The van der Waals surface area contributed by atoms with Gasteiger partial charge in [-0.2, -0.15) is 0 Å². The van der Waals surface area contributed by atoms with Gasteiger partial charge in [-0.15, -0.1) is 0 Å². The van der Waals surface area contributed by atoms with Gasteiger partial charge in [-0.25, -0.2) is 9.59 Å². The number of ether oxygens (including phenoxy) is 3.